The number of hydrogen-bond acceptors (Lipinski definition) is 4. The Labute approximate surface area is 118 Å². The Kier molecular flexibility index (Phi) is 3.30. The minimum absolute atomic E-state index is 0.144. The van der Waals surface area contributed by atoms with E-state index in [-0.39, 0.29) is 5.91 Å². The van der Waals surface area contributed by atoms with E-state index in [2.05, 4.69) is 5.32 Å². The number of hydrogen-bond donors (Lipinski definition) is 2. The average molecular weight is 276 g/mol. The lowest BCUT2D eigenvalue weighted by Crippen LogP contribution is -2.50. The highest BCUT2D eigenvalue weighted by Crippen LogP contribution is 2.39. The minimum Gasteiger partial charge on any atom is -0.490 e. The minimum atomic E-state index is -0.801. The van der Waals surface area contributed by atoms with Crippen molar-refractivity contribution in [1.29, 1.82) is 0 Å². The molecule has 0 spiro atoms. The fraction of sp³-hybridized carbons (Fsp3) is 0.533. The number of fused-ring (bicyclic) bond motifs is 1. The number of rotatable bonds is 3. The Bertz CT molecular complexity index is 524. The van der Waals surface area contributed by atoms with Gasteiger partial charge in [0.1, 0.15) is 0 Å². The summed E-state index contributed by atoms with van der Waals surface area (Å²) in [6.45, 7) is 3.07. The summed E-state index contributed by atoms with van der Waals surface area (Å²) in [7, 11) is 0. The molecule has 5 heteroatoms. The van der Waals surface area contributed by atoms with Gasteiger partial charge in [-0.1, -0.05) is 0 Å². The van der Waals surface area contributed by atoms with Crippen LogP contribution in [0.25, 0.3) is 0 Å². The third kappa shape index (κ3) is 2.58. The second-order valence-corrected chi connectivity index (χ2v) is 5.72. The number of carbonyl (C=O) groups excluding carboxylic acids is 1. The van der Waals surface area contributed by atoms with Crippen molar-refractivity contribution in [3.05, 3.63) is 18.2 Å². The standard InChI is InChI=1S/C15H20N2O3/c1-15(16,10-3-4-10)14(18)17-11-5-6-12-13(9-11)20-8-2-7-19-12/h5-6,9-10H,2-4,7-8,16H2,1H3,(H,17,18). The summed E-state index contributed by atoms with van der Waals surface area (Å²) in [4.78, 5) is 12.2. The van der Waals surface area contributed by atoms with Crippen molar-refractivity contribution in [2.45, 2.75) is 31.7 Å². The summed E-state index contributed by atoms with van der Waals surface area (Å²) in [6, 6.07) is 5.43. The van der Waals surface area contributed by atoms with E-state index in [4.69, 9.17) is 15.2 Å². The summed E-state index contributed by atoms with van der Waals surface area (Å²) in [5, 5.41) is 2.87. The maximum absolute atomic E-state index is 12.2. The van der Waals surface area contributed by atoms with Crippen LogP contribution in [0.1, 0.15) is 26.2 Å². The van der Waals surface area contributed by atoms with Crippen LogP contribution in [0.2, 0.25) is 0 Å². The first kappa shape index (κ1) is 13.2. The third-order valence-corrected chi connectivity index (χ3v) is 3.92. The first-order valence-corrected chi connectivity index (χ1v) is 7.07. The van der Waals surface area contributed by atoms with Crippen molar-refractivity contribution in [3.63, 3.8) is 0 Å². The zero-order chi connectivity index (χ0) is 14.2. The second-order valence-electron chi connectivity index (χ2n) is 5.72. The predicted octanol–water partition coefficient (Wildman–Crippen LogP) is 1.91. The van der Waals surface area contributed by atoms with Crippen LogP contribution in [-0.2, 0) is 4.79 Å². The van der Waals surface area contributed by atoms with Crippen molar-refractivity contribution in [2.75, 3.05) is 18.5 Å². The number of ether oxygens (including phenoxy) is 2. The Morgan fingerprint density at radius 2 is 2.00 bits per heavy atom. The van der Waals surface area contributed by atoms with Gasteiger partial charge in [-0.05, 0) is 37.8 Å². The van der Waals surface area contributed by atoms with Crippen LogP contribution in [0.4, 0.5) is 5.69 Å². The van der Waals surface area contributed by atoms with Gasteiger partial charge >= 0.3 is 0 Å². The normalized spacial score (nSPS) is 20.7. The van der Waals surface area contributed by atoms with Gasteiger partial charge in [-0.3, -0.25) is 4.79 Å². The Hall–Kier alpha value is -1.75. The number of benzene rings is 1. The van der Waals surface area contributed by atoms with Crippen LogP contribution < -0.4 is 20.5 Å². The molecule has 1 amide bonds. The summed E-state index contributed by atoms with van der Waals surface area (Å²) < 4.78 is 11.2. The van der Waals surface area contributed by atoms with Gasteiger partial charge in [-0.25, -0.2) is 0 Å². The van der Waals surface area contributed by atoms with Crippen LogP contribution in [0.5, 0.6) is 11.5 Å². The van der Waals surface area contributed by atoms with Crippen LogP contribution in [-0.4, -0.2) is 24.7 Å². The van der Waals surface area contributed by atoms with Gasteiger partial charge in [0.2, 0.25) is 5.91 Å². The zero-order valence-corrected chi connectivity index (χ0v) is 11.6. The molecule has 0 saturated heterocycles. The molecule has 0 radical (unpaired) electrons. The van der Waals surface area contributed by atoms with E-state index >= 15 is 0 Å². The lowest BCUT2D eigenvalue weighted by atomic mass is 9.96. The van der Waals surface area contributed by atoms with Crippen LogP contribution >= 0.6 is 0 Å². The van der Waals surface area contributed by atoms with E-state index in [0.29, 0.717) is 30.6 Å². The number of nitrogens with two attached hydrogens (primary N) is 1. The molecule has 3 rings (SSSR count). The molecule has 0 aromatic heterocycles. The highest BCUT2D eigenvalue weighted by Gasteiger charge is 2.44. The lowest BCUT2D eigenvalue weighted by molar-refractivity contribution is -0.121. The summed E-state index contributed by atoms with van der Waals surface area (Å²) >= 11 is 0. The molecule has 1 aliphatic heterocycles. The van der Waals surface area contributed by atoms with Crippen LogP contribution in [0.3, 0.4) is 0 Å². The smallest absolute Gasteiger partial charge is 0.244 e. The number of nitrogens with one attached hydrogen (secondary N) is 1. The SMILES string of the molecule is CC(N)(C(=O)Nc1ccc2c(c1)OCCCO2)C1CC1. The van der Waals surface area contributed by atoms with E-state index in [0.717, 1.165) is 25.0 Å². The van der Waals surface area contributed by atoms with Crippen molar-refractivity contribution in [1.82, 2.24) is 0 Å². The Balaban J connectivity index is 1.74. The van der Waals surface area contributed by atoms with Crippen LogP contribution in [0, 0.1) is 5.92 Å². The van der Waals surface area contributed by atoms with Gasteiger partial charge in [0.05, 0.1) is 18.8 Å². The van der Waals surface area contributed by atoms with Crippen LogP contribution in [0.15, 0.2) is 18.2 Å². The zero-order valence-electron chi connectivity index (χ0n) is 11.6. The molecule has 1 heterocycles. The maximum Gasteiger partial charge on any atom is 0.244 e. The summed E-state index contributed by atoms with van der Waals surface area (Å²) in [5.74, 6) is 1.54. The maximum atomic E-state index is 12.2. The highest BCUT2D eigenvalue weighted by atomic mass is 16.5. The lowest BCUT2D eigenvalue weighted by Gasteiger charge is -2.23. The first-order valence-electron chi connectivity index (χ1n) is 7.07. The number of carbonyl (C=O) groups is 1. The third-order valence-electron chi connectivity index (χ3n) is 3.92. The molecule has 1 fully saturated rings. The van der Waals surface area contributed by atoms with Gasteiger partial charge in [0, 0.05) is 18.2 Å². The van der Waals surface area contributed by atoms with Gasteiger partial charge in [-0.2, -0.15) is 0 Å². The van der Waals surface area contributed by atoms with Crippen molar-refractivity contribution in [2.24, 2.45) is 11.7 Å². The topological polar surface area (TPSA) is 73.6 Å². The molecule has 20 heavy (non-hydrogen) atoms. The average Bonchev–Trinajstić information content (AvgIpc) is 3.25. The number of amides is 1. The molecule has 0 bridgehead atoms. The first-order chi connectivity index (χ1) is 9.57. The van der Waals surface area contributed by atoms with E-state index in [1.807, 2.05) is 12.1 Å². The molecule has 1 atom stereocenters. The molecule has 1 unspecified atom stereocenters. The van der Waals surface area contributed by atoms with E-state index in [1.165, 1.54) is 0 Å². The Morgan fingerprint density at radius 1 is 1.30 bits per heavy atom. The fourth-order valence-corrected chi connectivity index (χ4v) is 2.38. The number of anilines is 1. The Morgan fingerprint density at radius 3 is 2.70 bits per heavy atom. The van der Waals surface area contributed by atoms with Crippen molar-refractivity contribution >= 4 is 11.6 Å². The molecule has 3 N–H and O–H groups in total. The quantitative estimate of drug-likeness (QED) is 0.884. The van der Waals surface area contributed by atoms with Gasteiger partial charge in [0.25, 0.3) is 0 Å². The molecular formula is C15H20N2O3. The molecule has 1 saturated carbocycles. The molecular weight excluding hydrogens is 256 g/mol. The van der Waals surface area contributed by atoms with Gasteiger partial charge in [0.15, 0.2) is 11.5 Å². The molecule has 1 aromatic carbocycles. The molecule has 1 aliphatic carbocycles. The van der Waals surface area contributed by atoms with E-state index < -0.39 is 5.54 Å². The summed E-state index contributed by atoms with van der Waals surface area (Å²) in [5.41, 5.74) is 6.00. The van der Waals surface area contributed by atoms with Crippen molar-refractivity contribution < 1.29 is 14.3 Å². The van der Waals surface area contributed by atoms with Gasteiger partial charge in [-0.15, -0.1) is 0 Å². The highest BCUT2D eigenvalue weighted by molar-refractivity contribution is 5.98. The monoisotopic (exact) mass is 276 g/mol. The fourth-order valence-electron chi connectivity index (χ4n) is 2.38. The van der Waals surface area contributed by atoms with Gasteiger partial charge < -0.3 is 20.5 Å². The molecule has 108 valence electrons. The largest absolute Gasteiger partial charge is 0.490 e. The molecule has 5 nitrogen and oxygen atoms in total. The van der Waals surface area contributed by atoms with E-state index in [9.17, 15) is 4.79 Å². The predicted molar refractivity (Wildman–Crippen MR) is 76.0 cm³/mol. The molecule has 2 aliphatic rings. The van der Waals surface area contributed by atoms with Crippen molar-refractivity contribution in [3.8, 4) is 11.5 Å². The van der Waals surface area contributed by atoms with E-state index in [1.54, 1.807) is 13.0 Å². The summed E-state index contributed by atoms with van der Waals surface area (Å²) in [6.07, 6.45) is 2.92. The molecule has 1 aromatic rings. The second kappa shape index (κ2) is 4.98.